The van der Waals surface area contributed by atoms with Crippen molar-refractivity contribution in [1.29, 1.82) is 0 Å². The zero-order valence-electron chi connectivity index (χ0n) is 29.1. The lowest BCUT2D eigenvalue weighted by molar-refractivity contribution is -0.140. The van der Waals surface area contributed by atoms with Gasteiger partial charge in [-0.25, -0.2) is 4.79 Å². The maximum absolute atomic E-state index is 11.8. The van der Waals surface area contributed by atoms with Crippen LogP contribution < -0.4 is 0 Å². The minimum Gasteiger partial charge on any atom is -0.466 e. The van der Waals surface area contributed by atoms with Crippen LogP contribution in [-0.4, -0.2) is 50.3 Å². The van der Waals surface area contributed by atoms with Crippen LogP contribution in [0, 0.1) is 0 Å². The van der Waals surface area contributed by atoms with Crippen LogP contribution >= 0.6 is 7.60 Å². The fourth-order valence-electron chi connectivity index (χ4n) is 3.98. The lowest BCUT2D eigenvalue weighted by Gasteiger charge is -2.15. The minimum absolute atomic E-state index is 0.171. The quantitative estimate of drug-likeness (QED) is 0.0423. The first-order valence-electron chi connectivity index (χ1n) is 17.0. The van der Waals surface area contributed by atoms with Crippen molar-refractivity contribution in [3.05, 3.63) is 11.6 Å². The van der Waals surface area contributed by atoms with Crippen LogP contribution in [0.5, 0.6) is 0 Å². The molecular formula is C34H67O8P. The maximum atomic E-state index is 11.8. The number of hydrogen-bond acceptors (Lipinski definition) is 8. The van der Waals surface area contributed by atoms with E-state index in [2.05, 4.69) is 32.4 Å². The number of ketones is 1. The molecule has 0 aliphatic carbocycles. The molecule has 0 saturated heterocycles. The van der Waals surface area contributed by atoms with Gasteiger partial charge in [0.05, 0.1) is 26.4 Å². The van der Waals surface area contributed by atoms with E-state index in [0.717, 1.165) is 38.5 Å². The Labute approximate surface area is 265 Å². The third-order valence-corrected chi connectivity index (χ3v) is 8.16. The van der Waals surface area contributed by atoms with Gasteiger partial charge in [-0.05, 0) is 66.2 Å². The van der Waals surface area contributed by atoms with Crippen LogP contribution in [0.1, 0.15) is 158 Å². The molecule has 0 rings (SSSR count). The van der Waals surface area contributed by atoms with E-state index in [1.807, 2.05) is 6.92 Å². The fourth-order valence-corrected chi connectivity index (χ4v) is 5.43. The molecule has 0 radical (unpaired) electrons. The first kappa shape index (κ1) is 45.9. The highest BCUT2D eigenvalue weighted by Gasteiger charge is 2.28. The fraction of sp³-hybridized carbons (Fsp3) is 0.853. The SMILES string of the molecule is CCCCCC(=CC(=O)OCC)CCCCC.CCCCCC(=O)CCCCC.CCOC(=O)CP(=O)(OCC)OCC. The Kier molecular flexibility index (Phi) is 37.4. The third kappa shape index (κ3) is 34.9. The summed E-state index contributed by atoms with van der Waals surface area (Å²) in [5, 5.41) is 0. The molecule has 0 aromatic rings. The largest absolute Gasteiger partial charge is 0.466 e. The summed E-state index contributed by atoms with van der Waals surface area (Å²) in [5.41, 5.74) is 1.27. The predicted molar refractivity (Wildman–Crippen MR) is 179 cm³/mol. The van der Waals surface area contributed by atoms with E-state index >= 15 is 0 Å². The molecule has 0 aliphatic heterocycles. The van der Waals surface area contributed by atoms with Gasteiger partial charge in [0.25, 0.3) is 0 Å². The molecule has 9 heteroatoms. The van der Waals surface area contributed by atoms with Crippen LogP contribution in [0.25, 0.3) is 0 Å². The van der Waals surface area contributed by atoms with E-state index in [-0.39, 0.29) is 32.0 Å². The molecule has 0 unspecified atom stereocenters. The van der Waals surface area contributed by atoms with Crippen molar-refractivity contribution in [2.24, 2.45) is 0 Å². The highest BCUT2D eigenvalue weighted by atomic mass is 31.2. The molecular weight excluding hydrogens is 567 g/mol. The Balaban J connectivity index is -0.000000567. The normalized spacial score (nSPS) is 10.5. The number of carbonyl (C=O) groups is 3. The van der Waals surface area contributed by atoms with Crippen LogP contribution in [0.2, 0.25) is 0 Å². The van der Waals surface area contributed by atoms with Gasteiger partial charge in [0.1, 0.15) is 11.9 Å². The Bertz CT molecular complexity index is 702. The molecule has 8 nitrogen and oxygen atoms in total. The Hall–Kier alpha value is -1.50. The number of carbonyl (C=O) groups excluding carboxylic acids is 3. The molecule has 0 amide bonds. The molecule has 0 saturated carbocycles. The lowest BCUT2D eigenvalue weighted by atomic mass is 10.0. The van der Waals surface area contributed by atoms with Crippen LogP contribution in [0.3, 0.4) is 0 Å². The van der Waals surface area contributed by atoms with Crippen molar-refractivity contribution in [2.75, 3.05) is 32.6 Å². The topological polar surface area (TPSA) is 105 Å². The average molecular weight is 635 g/mol. The summed E-state index contributed by atoms with van der Waals surface area (Å²) < 4.78 is 31.2. The number of allylic oxidation sites excluding steroid dienone is 1. The van der Waals surface area contributed by atoms with Crippen molar-refractivity contribution in [2.45, 2.75) is 158 Å². The van der Waals surface area contributed by atoms with Crippen molar-refractivity contribution in [3.63, 3.8) is 0 Å². The number of esters is 2. The Morgan fingerprint density at radius 3 is 1.28 bits per heavy atom. The highest BCUT2D eigenvalue weighted by molar-refractivity contribution is 7.54. The maximum Gasteiger partial charge on any atom is 0.341 e. The van der Waals surface area contributed by atoms with Crippen molar-refractivity contribution >= 4 is 25.3 Å². The molecule has 0 atom stereocenters. The van der Waals surface area contributed by atoms with E-state index < -0.39 is 13.6 Å². The highest BCUT2D eigenvalue weighted by Crippen LogP contribution is 2.47. The minimum atomic E-state index is -3.28. The van der Waals surface area contributed by atoms with E-state index in [0.29, 0.717) is 12.4 Å². The summed E-state index contributed by atoms with van der Waals surface area (Å²) >= 11 is 0. The molecule has 256 valence electrons. The summed E-state index contributed by atoms with van der Waals surface area (Å²) in [6.07, 6.45) is 19.5. The van der Waals surface area contributed by atoms with E-state index in [1.165, 1.54) is 69.8 Å². The molecule has 0 aliphatic rings. The molecule has 0 heterocycles. The third-order valence-electron chi connectivity index (χ3n) is 6.21. The molecule has 0 spiro atoms. The molecule has 43 heavy (non-hydrogen) atoms. The Morgan fingerprint density at radius 1 is 0.535 bits per heavy atom. The number of unbranched alkanes of at least 4 members (excludes halogenated alkanes) is 8. The van der Waals surface area contributed by atoms with Gasteiger partial charge in [-0.2, -0.15) is 0 Å². The summed E-state index contributed by atoms with van der Waals surface area (Å²) in [4.78, 5) is 33.7. The number of Topliss-reactive ketones (excluding diaryl/α,β-unsaturated/α-hetero) is 1. The number of rotatable bonds is 25. The first-order valence-corrected chi connectivity index (χ1v) is 18.8. The smallest absolute Gasteiger partial charge is 0.341 e. The van der Waals surface area contributed by atoms with E-state index in [9.17, 15) is 18.9 Å². The van der Waals surface area contributed by atoms with Gasteiger partial charge >= 0.3 is 19.5 Å². The van der Waals surface area contributed by atoms with Gasteiger partial charge < -0.3 is 18.5 Å². The van der Waals surface area contributed by atoms with E-state index in [4.69, 9.17) is 13.8 Å². The second-order valence-electron chi connectivity index (χ2n) is 10.3. The molecule has 0 bridgehead atoms. The molecule has 0 aromatic carbocycles. The molecule has 0 fully saturated rings. The molecule has 0 aromatic heterocycles. The van der Waals surface area contributed by atoms with Gasteiger partial charge in [0.2, 0.25) is 0 Å². The summed E-state index contributed by atoms with van der Waals surface area (Å²) in [6, 6.07) is 0. The van der Waals surface area contributed by atoms with Crippen molar-refractivity contribution < 1.29 is 37.5 Å². The second kappa shape index (κ2) is 35.0. The molecule has 0 N–H and O–H groups in total. The van der Waals surface area contributed by atoms with Gasteiger partial charge in [-0.15, -0.1) is 0 Å². The Morgan fingerprint density at radius 2 is 0.930 bits per heavy atom. The van der Waals surface area contributed by atoms with Gasteiger partial charge in [-0.3, -0.25) is 14.2 Å². The zero-order valence-corrected chi connectivity index (χ0v) is 30.0. The standard InChI is InChI=1S/C15H28O2.C11H22O.C8H17O5P/c1-4-7-9-11-14(12-10-8-5-2)13-15(16)17-6-3;1-3-5-7-9-11(12)10-8-6-4-2;1-4-11-8(9)7-14(10,12-5-2)13-6-3/h13H,4-12H2,1-3H3;3-10H2,1-2H3;4-7H2,1-3H3. The average Bonchev–Trinajstić information content (AvgIpc) is 2.94. The number of ether oxygens (including phenoxy) is 2. The van der Waals surface area contributed by atoms with Gasteiger partial charge in [0, 0.05) is 18.9 Å². The first-order chi connectivity index (χ1) is 20.6. The van der Waals surface area contributed by atoms with Crippen molar-refractivity contribution in [1.82, 2.24) is 0 Å². The van der Waals surface area contributed by atoms with Crippen LogP contribution in [0.15, 0.2) is 11.6 Å². The summed E-state index contributed by atoms with van der Waals surface area (Å²) in [7, 11) is -3.28. The van der Waals surface area contributed by atoms with Gasteiger partial charge in [-0.1, -0.05) is 84.6 Å². The monoisotopic (exact) mass is 634 g/mol. The second-order valence-corrected chi connectivity index (χ2v) is 12.4. The predicted octanol–water partition coefficient (Wildman–Crippen LogP) is 10.2. The van der Waals surface area contributed by atoms with Crippen LogP contribution in [-0.2, 0) is 37.5 Å². The lowest BCUT2D eigenvalue weighted by Crippen LogP contribution is -2.12. The summed E-state index contributed by atoms with van der Waals surface area (Å²) in [6.45, 7) is 16.9. The van der Waals surface area contributed by atoms with Crippen molar-refractivity contribution in [3.8, 4) is 0 Å². The van der Waals surface area contributed by atoms with Gasteiger partial charge in [0.15, 0.2) is 0 Å². The number of hydrogen-bond donors (Lipinski definition) is 0. The zero-order chi connectivity index (χ0) is 33.2. The van der Waals surface area contributed by atoms with Crippen LogP contribution in [0.4, 0.5) is 0 Å². The van der Waals surface area contributed by atoms with E-state index in [1.54, 1.807) is 26.8 Å². The summed E-state index contributed by atoms with van der Waals surface area (Å²) in [5.74, 6) is -0.259.